The standard InChI is InChI=1S/C20H27N3O7/c1-5-9-30-18-14(23(26)27)10-12(11-15(18)28-7-3)17-16(19(24)29-8-4)13(6-2)21-20(25)22-17/h10-11,17H,5-9H2,1-4H3,(H2,21,22,25). The maximum Gasteiger partial charge on any atom is 0.338 e. The van der Waals surface area contributed by atoms with Crippen LogP contribution < -0.4 is 20.1 Å². The van der Waals surface area contributed by atoms with Crippen LogP contribution in [0.1, 0.15) is 52.1 Å². The van der Waals surface area contributed by atoms with E-state index < -0.39 is 23.0 Å². The molecule has 0 aromatic heterocycles. The Kier molecular flexibility index (Phi) is 8.02. The van der Waals surface area contributed by atoms with Gasteiger partial charge in [-0.1, -0.05) is 13.8 Å². The summed E-state index contributed by atoms with van der Waals surface area (Å²) < 4.78 is 16.3. The maximum absolute atomic E-state index is 12.6. The number of allylic oxidation sites excluding steroid dienone is 1. The fourth-order valence-electron chi connectivity index (χ4n) is 3.12. The maximum atomic E-state index is 12.6. The lowest BCUT2D eigenvalue weighted by atomic mass is 9.93. The molecule has 1 aromatic rings. The Morgan fingerprint density at radius 3 is 2.47 bits per heavy atom. The molecule has 0 saturated heterocycles. The summed E-state index contributed by atoms with van der Waals surface area (Å²) in [6.45, 7) is 7.76. The van der Waals surface area contributed by atoms with Crippen LogP contribution in [0, 0.1) is 10.1 Å². The number of benzene rings is 1. The third-order valence-electron chi connectivity index (χ3n) is 4.34. The predicted octanol–water partition coefficient (Wildman–Crippen LogP) is 3.36. The van der Waals surface area contributed by atoms with Crippen LogP contribution in [0.25, 0.3) is 0 Å². The molecule has 0 radical (unpaired) electrons. The van der Waals surface area contributed by atoms with Crippen LogP contribution in [0.4, 0.5) is 10.5 Å². The summed E-state index contributed by atoms with van der Waals surface area (Å²) in [6, 6.07) is 1.38. The molecule has 1 aromatic carbocycles. The molecular weight excluding hydrogens is 394 g/mol. The number of urea groups is 1. The zero-order valence-corrected chi connectivity index (χ0v) is 17.6. The zero-order chi connectivity index (χ0) is 22.3. The van der Waals surface area contributed by atoms with E-state index in [1.807, 2.05) is 6.92 Å². The van der Waals surface area contributed by atoms with E-state index in [-0.39, 0.29) is 42.6 Å². The van der Waals surface area contributed by atoms with Crippen molar-refractivity contribution in [2.75, 3.05) is 19.8 Å². The van der Waals surface area contributed by atoms with Gasteiger partial charge in [0.05, 0.1) is 36.4 Å². The summed E-state index contributed by atoms with van der Waals surface area (Å²) in [4.78, 5) is 36.0. The van der Waals surface area contributed by atoms with Gasteiger partial charge in [-0.15, -0.1) is 0 Å². The molecule has 1 atom stereocenters. The Bertz CT molecular complexity index is 851. The van der Waals surface area contributed by atoms with E-state index in [1.165, 1.54) is 6.07 Å². The van der Waals surface area contributed by atoms with Gasteiger partial charge in [-0.3, -0.25) is 10.1 Å². The SMILES string of the molecule is CCCOc1c(OCC)cc(C2NC(=O)NC(CC)=C2C(=O)OCC)cc1[N+](=O)[O-]. The number of nitro benzene ring substituents is 1. The van der Waals surface area contributed by atoms with Gasteiger partial charge in [-0.25, -0.2) is 9.59 Å². The van der Waals surface area contributed by atoms with Gasteiger partial charge in [-0.05, 0) is 38.3 Å². The molecule has 1 aliphatic rings. The molecule has 2 N–H and O–H groups in total. The van der Waals surface area contributed by atoms with E-state index in [4.69, 9.17) is 14.2 Å². The summed E-state index contributed by atoms with van der Waals surface area (Å²) in [5.41, 5.74) is 0.600. The van der Waals surface area contributed by atoms with Crippen molar-refractivity contribution in [1.29, 1.82) is 0 Å². The Morgan fingerprint density at radius 2 is 1.90 bits per heavy atom. The van der Waals surface area contributed by atoms with Crippen LogP contribution >= 0.6 is 0 Å². The van der Waals surface area contributed by atoms with Crippen molar-refractivity contribution in [1.82, 2.24) is 10.6 Å². The zero-order valence-electron chi connectivity index (χ0n) is 17.6. The van der Waals surface area contributed by atoms with Crippen LogP contribution in [-0.2, 0) is 9.53 Å². The second-order valence-electron chi connectivity index (χ2n) is 6.40. The minimum Gasteiger partial charge on any atom is -0.490 e. The molecule has 0 saturated carbocycles. The normalized spacial score (nSPS) is 15.9. The summed E-state index contributed by atoms with van der Waals surface area (Å²) in [5, 5.41) is 17.0. The molecule has 30 heavy (non-hydrogen) atoms. The second kappa shape index (κ2) is 10.5. The monoisotopic (exact) mass is 421 g/mol. The lowest BCUT2D eigenvalue weighted by Crippen LogP contribution is -2.45. The number of hydrogen-bond acceptors (Lipinski definition) is 7. The average molecular weight is 421 g/mol. The van der Waals surface area contributed by atoms with Gasteiger partial charge >= 0.3 is 17.7 Å². The number of carbonyl (C=O) groups excluding carboxylic acids is 2. The molecule has 1 aliphatic heterocycles. The number of ether oxygens (including phenoxy) is 3. The highest BCUT2D eigenvalue weighted by atomic mass is 16.6. The fraction of sp³-hybridized carbons (Fsp3) is 0.500. The molecular formula is C20H27N3O7. The lowest BCUT2D eigenvalue weighted by molar-refractivity contribution is -0.386. The van der Waals surface area contributed by atoms with Gasteiger partial charge < -0.3 is 24.8 Å². The molecule has 2 rings (SSSR count). The molecule has 164 valence electrons. The number of rotatable bonds is 10. The molecule has 0 bridgehead atoms. The van der Waals surface area contributed by atoms with Crippen LogP contribution in [-0.4, -0.2) is 36.7 Å². The van der Waals surface area contributed by atoms with E-state index in [2.05, 4.69) is 10.6 Å². The number of nitrogens with zero attached hydrogens (tertiary/aromatic N) is 1. The van der Waals surface area contributed by atoms with E-state index >= 15 is 0 Å². The van der Waals surface area contributed by atoms with Gasteiger partial charge in [0, 0.05) is 11.8 Å². The number of amides is 2. The average Bonchev–Trinajstić information content (AvgIpc) is 2.71. The van der Waals surface area contributed by atoms with Crippen molar-refractivity contribution in [3.8, 4) is 11.5 Å². The first-order valence-electron chi connectivity index (χ1n) is 9.93. The van der Waals surface area contributed by atoms with Crippen molar-refractivity contribution in [3.63, 3.8) is 0 Å². The second-order valence-corrected chi connectivity index (χ2v) is 6.40. The summed E-state index contributed by atoms with van der Waals surface area (Å²) in [5.74, 6) is -0.423. The number of esters is 1. The van der Waals surface area contributed by atoms with E-state index in [1.54, 1.807) is 26.8 Å². The Balaban J connectivity index is 2.68. The first-order chi connectivity index (χ1) is 14.4. The molecule has 10 heteroatoms. The van der Waals surface area contributed by atoms with Crippen molar-refractivity contribution in [2.24, 2.45) is 0 Å². The summed E-state index contributed by atoms with van der Waals surface area (Å²) in [7, 11) is 0. The van der Waals surface area contributed by atoms with Gasteiger partial charge in [0.2, 0.25) is 5.75 Å². The Hall–Kier alpha value is -3.30. The third kappa shape index (κ3) is 5.00. The fourth-order valence-corrected chi connectivity index (χ4v) is 3.12. The molecule has 0 fully saturated rings. The van der Waals surface area contributed by atoms with E-state index in [0.717, 1.165) is 0 Å². The van der Waals surface area contributed by atoms with E-state index in [0.29, 0.717) is 24.1 Å². The topological polar surface area (TPSA) is 129 Å². The number of nitro groups is 1. The minimum absolute atomic E-state index is 0.0186. The first kappa shape index (κ1) is 23.0. The highest BCUT2D eigenvalue weighted by Gasteiger charge is 2.35. The molecule has 0 aliphatic carbocycles. The number of carbonyl (C=O) groups is 2. The third-order valence-corrected chi connectivity index (χ3v) is 4.34. The smallest absolute Gasteiger partial charge is 0.338 e. The summed E-state index contributed by atoms with van der Waals surface area (Å²) in [6.07, 6.45) is 1.03. The van der Waals surface area contributed by atoms with Crippen LogP contribution in [0.2, 0.25) is 0 Å². The molecule has 1 heterocycles. The largest absolute Gasteiger partial charge is 0.490 e. The number of hydrogen-bond donors (Lipinski definition) is 2. The van der Waals surface area contributed by atoms with E-state index in [9.17, 15) is 19.7 Å². The lowest BCUT2D eigenvalue weighted by Gasteiger charge is -2.29. The highest BCUT2D eigenvalue weighted by molar-refractivity contribution is 5.95. The summed E-state index contributed by atoms with van der Waals surface area (Å²) >= 11 is 0. The van der Waals surface area contributed by atoms with Crippen molar-refractivity contribution in [2.45, 2.75) is 46.6 Å². The Labute approximate surface area is 174 Å². The molecule has 0 spiro atoms. The number of nitrogens with one attached hydrogen (secondary N) is 2. The van der Waals surface area contributed by atoms with Crippen molar-refractivity contribution in [3.05, 3.63) is 39.1 Å². The molecule has 2 amide bonds. The first-order valence-corrected chi connectivity index (χ1v) is 9.93. The quantitative estimate of drug-likeness (QED) is 0.337. The van der Waals surface area contributed by atoms with Crippen molar-refractivity contribution >= 4 is 17.7 Å². The highest BCUT2D eigenvalue weighted by Crippen LogP contribution is 2.42. The molecule has 1 unspecified atom stereocenters. The Morgan fingerprint density at radius 1 is 1.17 bits per heavy atom. The van der Waals surface area contributed by atoms with Gasteiger partial charge in [0.25, 0.3) is 0 Å². The predicted molar refractivity (Wildman–Crippen MR) is 108 cm³/mol. The van der Waals surface area contributed by atoms with Gasteiger partial charge in [0.15, 0.2) is 5.75 Å². The minimum atomic E-state index is -0.939. The van der Waals surface area contributed by atoms with Gasteiger partial charge in [-0.2, -0.15) is 0 Å². The van der Waals surface area contributed by atoms with Crippen molar-refractivity contribution < 1.29 is 28.7 Å². The van der Waals surface area contributed by atoms with Crippen LogP contribution in [0.5, 0.6) is 11.5 Å². The molecule has 10 nitrogen and oxygen atoms in total. The van der Waals surface area contributed by atoms with Crippen LogP contribution in [0.3, 0.4) is 0 Å². The van der Waals surface area contributed by atoms with Crippen LogP contribution in [0.15, 0.2) is 23.4 Å². The van der Waals surface area contributed by atoms with Gasteiger partial charge in [0.1, 0.15) is 0 Å².